The lowest BCUT2D eigenvalue weighted by molar-refractivity contribution is -0.137. The van der Waals surface area contributed by atoms with Crippen LogP contribution in [0.2, 0.25) is 0 Å². The number of nitrogen functional groups attached to an aromatic ring is 1. The number of carbonyl (C=O) groups excluding carboxylic acids is 1. The molecule has 11 heteroatoms. The van der Waals surface area contributed by atoms with Crippen molar-refractivity contribution in [3.05, 3.63) is 41.7 Å². The third-order valence-electron chi connectivity index (χ3n) is 5.39. The fourth-order valence-corrected chi connectivity index (χ4v) is 4.61. The van der Waals surface area contributed by atoms with E-state index in [1.165, 1.54) is 25.0 Å². The molecule has 3 N–H and O–H groups in total. The first kappa shape index (κ1) is 22.1. The summed E-state index contributed by atoms with van der Waals surface area (Å²) in [4.78, 5) is 19.4. The molecule has 0 atom stereocenters. The number of hydrogen-bond donors (Lipinski definition) is 2. The van der Waals surface area contributed by atoms with Gasteiger partial charge in [0.1, 0.15) is 15.7 Å². The lowest BCUT2D eigenvalue weighted by Gasteiger charge is -2.23. The summed E-state index contributed by atoms with van der Waals surface area (Å²) >= 11 is 1.05. The minimum atomic E-state index is -4.42. The maximum Gasteiger partial charge on any atom is 0.416 e. The molecule has 1 saturated heterocycles. The van der Waals surface area contributed by atoms with Gasteiger partial charge in [0.15, 0.2) is 11.5 Å². The molecule has 4 rings (SSSR count). The van der Waals surface area contributed by atoms with Crippen molar-refractivity contribution >= 4 is 33.8 Å². The van der Waals surface area contributed by atoms with E-state index in [1.54, 1.807) is 10.9 Å². The van der Waals surface area contributed by atoms with Gasteiger partial charge in [0.05, 0.1) is 11.8 Å². The summed E-state index contributed by atoms with van der Waals surface area (Å²) in [5.41, 5.74) is 6.34. The van der Waals surface area contributed by atoms with Crippen LogP contribution >= 0.6 is 11.3 Å². The number of rotatable bonds is 4. The van der Waals surface area contributed by atoms with Crippen LogP contribution in [0.5, 0.6) is 0 Å². The smallest absolute Gasteiger partial charge is 0.389 e. The predicted molar refractivity (Wildman–Crippen MR) is 119 cm³/mol. The second kappa shape index (κ2) is 8.81. The van der Waals surface area contributed by atoms with E-state index in [4.69, 9.17) is 5.73 Å². The average Bonchev–Trinajstić information content (AvgIpc) is 3.19. The van der Waals surface area contributed by atoms with Gasteiger partial charge in [-0.2, -0.15) is 18.3 Å². The Morgan fingerprint density at radius 1 is 1.12 bits per heavy atom. The summed E-state index contributed by atoms with van der Waals surface area (Å²) < 4.78 is 40.1. The summed E-state index contributed by atoms with van der Waals surface area (Å²) in [7, 11) is 1.83. The van der Waals surface area contributed by atoms with Crippen molar-refractivity contribution < 1.29 is 18.0 Å². The Hall–Kier alpha value is -3.08. The first-order valence-corrected chi connectivity index (χ1v) is 11.1. The molecule has 7 nitrogen and oxygen atoms in total. The molecule has 0 radical (unpaired) electrons. The fourth-order valence-electron chi connectivity index (χ4n) is 3.78. The number of hydrogen-bond acceptors (Lipinski definition) is 6. The van der Waals surface area contributed by atoms with Crippen LogP contribution in [0.3, 0.4) is 0 Å². The summed E-state index contributed by atoms with van der Waals surface area (Å²) in [6.45, 7) is 1.78. The predicted octanol–water partition coefficient (Wildman–Crippen LogP) is 4.78. The van der Waals surface area contributed by atoms with E-state index in [0.717, 1.165) is 55.2 Å². The summed E-state index contributed by atoms with van der Waals surface area (Å²) in [6.07, 6.45) is 1.69. The maximum absolute atomic E-state index is 12.9. The zero-order valence-electron chi connectivity index (χ0n) is 17.4. The van der Waals surface area contributed by atoms with Crippen LogP contribution in [0.15, 0.2) is 30.5 Å². The van der Waals surface area contributed by atoms with E-state index in [9.17, 15) is 18.0 Å². The first-order chi connectivity index (χ1) is 15.2. The van der Waals surface area contributed by atoms with Crippen LogP contribution in [0, 0.1) is 0 Å². The second-order valence-corrected chi connectivity index (χ2v) is 8.70. The Kier molecular flexibility index (Phi) is 6.09. The Labute approximate surface area is 187 Å². The second-order valence-electron chi connectivity index (χ2n) is 7.67. The van der Waals surface area contributed by atoms with E-state index in [1.807, 2.05) is 7.05 Å². The Morgan fingerprint density at radius 3 is 2.41 bits per heavy atom. The van der Waals surface area contributed by atoms with Crippen LogP contribution in [0.4, 0.5) is 29.7 Å². The van der Waals surface area contributed by atoms with Crippen molar-refractivity contribution in [2.24, 2.45) is 7.05 Å². The molecule has 32 heavy (non-hydrogen) atoms. The quantitative estimate of drug-likeness (QED) is 0.580. The highest BCUT2D eigenvalue weighted by Gasteiger charge is 2.30. The van der Waals surface area contributed by atoms with Gasteiger partial charge in [-0.25, -0.2) is 4.98 Å². The van der Waals surface area contributed by atoms with Gasteiger partial charge in [-0.1, -0.05) is 36.3 Å². The van der Waals surface area contributed by atoms with Gasteiger partial charge >= 0.3 is 6.18 Å². The molecule has 0 saturated carbocycles. The average molecular weight is 465 g/mol. The van der Waals surface area contributed by atoms with Crippen LogP contribution in [-0.4, -0.2) is 33.8 Å². The number of amides is 1. The number of halogens is 3. The van der Waals surface area contributed by atoms with E-state index < -0.39 is 17.6 Å². The minimum Gasteiger partial charge on any atom is -0.389 e. The molecule has 3 heterocycles. The highest BCUT2D eigenvalue weighted by atomic mass is 32.1. The van der Waals surface area contributed by atoms with E-state index in [0.29, 0.717) is 16.3 Å². The molecule has 0 unspecified atom stereocenters. The number of anilines is 3. The molecule has 1 aliphatic heterocycles. The molecule has 0 bridgehead atoms. The topological polar surface area (TPSA) is 89.1 Å². The number of nitrogens with one attached hydrogen (secondary N) is 1. The molecule has 0 aliphatic carbocycles. The SMILES string of the molecule is Cn1ncc(NC(=O)c2nc(-c3ccc(C(F)(F)F)cc3)sc2N)c1N1CCCCCC1. The molecule has 2 aromatic heterocycles. The number of nitrogens with two attached hydrogens (primary N) is 1. The van der Waals surface area contributed by atoms with Gasteiger partial charge in [-0.05, 0) is 25.0 Å². The summed E-state index contributed by atoms with van der Waals surface area (Å²) in [6, 6.07) is 4.61. The molecule has 0 spiro atoms. The number of nitrogens with zero attached hydrogens (tertiary/aromatic N) is 4. The molecule has 1 fully saturated rings. The van der Waals surface area contributed by atoms with Gasteiger partial charge in [0, 0.05) is 25.7 Å². The number of benzene rings is 1. The minimum absolute atomic E-state index is 0.0376. The van der Waals surface area contributed by atoms with Crippen molar-refractivity contribution in [2.45, 2.75) is 31.9 Å². The Balaban J connectivity index is 1.55. The first-order valence-electron chi connectivity index (χ1n) is 10.3. The molecule has 3 aromatic rings. The van der Waals surface area contributed by atoms with Crippen molar-refractivity contribution in [1.29, 1.82) is 0 Å². The third-order valence-corrected chi connectivity index (χ3v) is 6.32. The summed E-state index contributed by atoms with van der Waals surface area (Å²) in [5, 5.41) is 7.71. The standard InChI is InChI=1S/C21H23F3N6OS/c1-29-20(30-10-4-2-3-5-11-30)15(12-26-29)27-18(31)16-17(25)32-19(28-16)13-6-8-14(9-7-13)21(22,23)24/h6-9,12H,2-5,10-11,25H2,1H3,(H,27,31). The Morgan fingerprint density at radius 2 is 1.78 bits per heavy atom. The number of carbonyl (C=O) groups is 1. The van der Waals surface area contributed by atoms with Crippen molar-refractivity contribution in [3.63, 3.8) is 0 Å². The van der Waals surface area contributed by atoms with Crippen LogP contribution in [0.25, 0.3) is 10.6 Å². The van der Waals surface area contributed by atoms with E-state index in [-0.39, 0.29) is 10.7 Å². The zero-order valence-corrected chi connectivity index (χ0v) is 18.3. The zero-order chi connectivity index (χ0) is 22.9. The molecule has 170 valence electrons. The van der Waals surface area contributed by atoms with Crippen molar-refractivity contribution in [1.82, 2.24) is 14.8 Å². The largest absolute Gasteiger partial charge is 0.416 e. The van der Waals surface area contributed by atoms with Gasteiger partial charge in [-0.3, -0.25) is 9.48 Å². The normalized spacial score (nSPS) is 14.9. The lowest BCUT2D eigenvalue weighted by atomic mass is 10.1. The molecular formula is C21H23F3N6OS. The van der Waals surface area contributed by atoms with Gasteiger partial charge in [0.25, 0.3) is 5.91 Å². The van der Waals surface area contributed by atoms with Gasteiger partial charge in [-0.15, -0.1) is 0 Å². The maximum atomic E-state index is 12.9. The highest BCUT2D eigenvalue weighted by Crippen LogP contribution is 2.34. The van der Waals surface area contributed by atoms with Crippen LogP contribution < -0.4 is 16.0 Å². The number of aromatic nitrogens is 3. The van der Waals surface area contributed by atoms with Gasteiger partial charge in [0.2, 0.25) is 0 Å². The molecule has 1 amide bonds. The third kappa shape index (κ3) is 4.57. The number of aryl methyl sites for hydroxylation is 1. The van der Waals surface area contributed by atoms with Crippen molar-refractivity contribution in [2.75, 3.05) is 29.0 Å². The summed E-state index contributed by atoms with van der Waals surface area (Å²) in [5.74, 6) is 0.345. The Bertz CT molecular complexity index is 1100. The molecular weight excluding hydrogens is 441 g/mol. The van der Waals surface area contributed by atoms with E-state index >= 15 is 0 Å². The van der Waals surface area contributed by atoms with Crippen molar-refractivity contribution in [3.8, 4) is 10.6 Å². The van der Waals surface area contributed by atoms with Gasteiger partial charge < -0.3 is 16.0 Å². The number of thiazole rings is 1. The molecule has 1 aliphatic rings. The monoisotopic (exact) mass is 464 g/mol. The fraction of sp³-hybridized carbons (Fsp3) is 0.381. The highest BCUT2D eigenvalue weighted by molar-refractivity contribution is 7.19. The molecule has 1 aromatic carbocycles. The van der Waals surface area contributed by atoms with Crippen LogP contribution in [0.1, 0.15) is 41.7 Å². The lowest BCUT2D eigenvalue weighted by Crippen LogP contribution is -2.27. The van der Waals surface area contributed by atoms with Crippen LogP contribution in [-0.2, 0) is 13.2 Å². The number of alkyl halides is 3. The van der Waals surface area contributed by atoms with E-state index in [2.05, 4.69) is 20.3 Å².